The first-order valence-corrected chi connectivity index (χ1v) is 4.49. The second kappa shape index (κ2) is 2.83. The maximum atomic E-state index is 11.6. The molecule has 2 rings (SSSR count). The highest BCUT2D eigenvalue weighted by molar-refractivity contribution is 6.12. The molecule has 1 amide bonds. The zero-order valence-corrected chi connectivity index (χ0v) is 7.82. The largest absolute Gasteiger partial charge is 0.272 e. The molecule has 3 nitrogen and oxygen atoms in total. The van der Waals surface area contributed by atoms with Crippen LogP contribution in [0.15, 0.2) is 28.9 Å². The molecule has 0 saturated carbocycles. The topological polar surface area (TPSA) is 32.7 Å². The fraction of sp³-hybridized carbons (Fsp3) is 0.400. The van der Waals surface area contributed by atoms with E-state index in [-0.39, 0.29) is 11.9 Å². The summed E-state index contributed by atoms with van der Waals surface area (Å²) in [7, 11) is 0. The van der Waals surface area contributed by atoms with Gasteiger partial charge in [0.2, 0.25) is 0 Å². The number of carbonyl (C=O) groups is 1. The summed E-state index contributed by atoms with van der Waals surface area (Å²) < 4.78 is 0. The van der Waals surface area contributed by atoms with E-state index in [9.17, 15) is 4.79 Å². The molecule has 13 heavy (non-hydrogen) atoms. The highest BCUT2D eigenvalue weighted by atomic mass is 16.2. The van der Waals surface area contributed by atoms with Gasteiger partial charge < -0.3 is 0 Å². The van der Waals surface area contributed by atoms with Crippen molar-refractivity contribution in [1.29, 1.82) is 0 Å². The van der Waals surface area contributed by atoms with Crippen LogP contribution in [-0.4, -0.2) is 22.7 Å². The van der Waals surface area contributed by atoms with Crippen molar-refractivity contribution < 1.29 is 4.79 Å². The van der Waals surface area contributed by atoms with Gasteiger partial charge in [0.1, 0.15) is 11.9 Å². The minimum atomic E-state index is -0.165. The van der Waals surface area contributed by atoms with Crippen LogP contribution in [0.3, 0.4) is 0 Å². The summed E-state index contributed by atoms with van der Waals surface area (Å²) in [6, 6.07) is -0.165. The van der Waals surface area contributed by atoms with Crippen LogP contribution >= 0.6 is 0 Å². The molecular weight excluding hydrogens is 164 g/mol. The van der Waals surface area contributed by atoms with E-state index in [1.165, 1.54) is 0 Å². The van der Waals surface area contributed by atoms with E-state index < -0.39 is 0 Å². The number of carbonyl (C=O) groups excluding carboxylic acids is 1. The quantitative estimate of drug-likeness (QED) is 0.595. The number of nitrogens with zero attached hydrogens (tertiary/aromatic N) is 2. The number of allylic oxidation sites excluding steroid dienone is 2. The van der Waals surface area contributed by atoms with E-state index in [0.29, 0.717) is 0 Å². The number of amidine groups is 1. The molecule has 1 atom stereocenters. The summed E-state index contributed by atoms with van der Waals surface area (Å²) >= 11 is 0. The Morgan fingerprint density at radius 3 is 3.08 bits per heavy atom. The van der Waals surface area contributed by atoms with Gasteiger partial charge in [0.05, 0.1) is 0 Å². The van der Waals surface area contributed by atoms with Crippen molar-refractivity contribution in [2.24, 2.45) is 4.99 Å². The van der Waals surface area contributed by atoms with Gasteiger partial charge in [-0.05, 0) is 31.1 Å². The fourth-order valence-electron chi connectivity index (χ4n) is 1.52. The summed E-state index contributed by atoms with van der Waals surface area (Å²) in [5, 5.41) is 0. The second-order valence-corrected chi connectivity index (χ2v) is 3.32. The summed E-state index contributed by atoms with van der Waals surface area (Å²) in [6.07, 6.45) is 6.44. The number of hydrogen-bond donors (Lipinski definition) is 0. The first-order chi connectivity index (χ1) is 6.22. The molecule has 68 valence electrons. The van der Waals surface area contributed by atoms with Gasteiger partial charge in [-0.2, -0.15) is 0 Å². The Labute approximate surface area is 77.4 Å². The smallest absolute Gasteiger partial charge is 0.257 e. The predicted molar refractivity (Wildman–Crippen MR) is 51.3 cm³/mol. The summed E-state index contributed by atoms with van der Waals surface area (Å²) in [6.45, 7) is 3.98. The predicted octanol–water partition coefficient (Wildman–Crippen LogP) is 1.48. The van der Waals surface area contributed by atoms with Crippen molar-refractivity contribution in [1.82, 2.24) is 4.90 Å². The molecular formula is C10H12N2O. The zero-order chi connectivity index (χ0) is 9.42. The van der Waals surface area contributed by atoms with Gasteiger partial charge >= 0.3 is 0 Å². The van der Waals surface area contributed by atoms with Gasteiger partial charge in [-0.25, -0.2) is 0 Å². The van der Waals surface area contributed by atoms with Crippen LogP contribution in [0.5, 0.6) is 0 Å². The first-order valence-electron chi connectivity index (χ1n) is 4.49. The molecule has 0 radical (unpaired) electrons. The molecule has 0 aliphatic carbocycles. The van der Waals surface area contributed by atoms with Gasteiger partial charge in [0, 0.05) is 6.20 Å². The van der Waals surface area contributed by atoms with E-state index in [0.717, 1.165) is 17.8 Å². The van der Waals surface area contributed by atoms with Crippen molar-refractivity contribution in [2.75, 3.05) is 0 Å². The summed E-state index contributed by atoms with van der Waals surface area (Å²) in [5.41, 5.74) is 1.14. The van der Waals surface area contributed by atoms with Crippen molar-refractivity contribution in [3.63, 3.8) is 0 Å². The average Bonchev–Trinajstić information content (AvgIpc) is 2.42. The molecule has 0 N–H and O–H groups in total. The van der Waals surface area contributed by atoms with Crippen LogP contribution in [0.4, 0.5) is 0 Å². The molecule has 0 aromatic heterocycles. The third-order valence-electron chi connectivity index (χ3n) is 2.29. The Kier molecular flexibility index (Phi) is 1.79. The molecule has 0 spiro atoms. The Balaban J connectivity index is 2.34. The van der Waals surface area contributed by atoms with Crippen molar-refractivity contribution in [3.8, 4) is 0 Å². The molecule has 0 fully saturated rings. The number of fused-ring (bicyclic) bond motifs is 1. The Bertz CT molecular complexity index is 339. The lowest BCUT2D eigenvalue weighted by atomic mass is 10.2. The van der Waals surface area contributed by atoms with Gasteiger partial charge in [-0.3, -0.25) is 14.7 Å². The van der Waals surface area contributed by atoms with E-state index in [1.54, 1.807) is 11.1 Å². The molecule has 2 heterocycles. The van der Waals surface area contributed by atoms with Gasteiger partial charge in [0.15, 0.2) is 0 Å². The van der Waals surface area contributed by atoms with Crippen molar-refractivity contribution in [3.05, 3.63) is 23.9 Å². The van der Waals surface area contributed by atoms with Crippen molar-refractivity contribution in [2.45, 2.75) is 26.3 Å². The second-order valence-electron chi connectivity index (χ2n) is 3.32. The first kappa shape index (κ1) is 8.23. The highest BCUT2D eigenvalue weighted by Crippen LogP contribution is 2.19. The molecule has 0 aromatic carbocycles. The normalized spacial score (nSPS) is 25.8. The molecule has 3 heteroatoms. The van der Waals surface area contributed by atoms with Gasteiger partial charge in [0.25, 0.3) is 5.91 Å². The standard InChI is InChI=1S/C10H12N2O/c1-3-8-10(13)12-5-4-7(2)6-9(12)11-8/h4-6,8H,3H2,1-2H3. The summed E-state index contributed by atoms with van der Waals surface area (Å²) in [4.78, 5) is 17.6. The van der Waals surface area contributed by atoms with Crippen molar-refractivity contribution >= 4 is 11.7 Å². The third-order valence-corrected chi connectivity index (χ3v) is 2.29. The van der Waals surface area contributed by atoms with Crippen LogP contribution in [0, 0.1) is 0 Å². The van der Waals surface area contributed by atoms with E-state index >= 15 is 0 Å². The molecule has 1 unspecified atom stereocenters. The number of aliphatic imine (C=N–C) groups is 1. The minimum Gasteiger partial charge on any atom is -0.272 e. The van der Waals surface area contributed by atoms with Crippen LogP contribution in [-0.2, 0) is 4.79 Å². The van der Waals surface area contributed by atoms with E-state index in [1.807, 2.05) is 26.0 Å². The van der Waals surface area contributed by atoms with E-state index in [2.05, 4.69) is 4.99 Å². The minimum absolute atomic E-state index is 0.0949. The molecule has 0 saturated heterocycles. The SMILES string of the molecule is CCC1N=C2C=C(C)C=CN2C1=O. The zero-order valence-electron chi connectivity index (χ0n) is 7.82. The third kappa shape index (κ3) is 1.20. The summed E-state index contributed by atoms with van der Waals surface area (Å²) in [5.74, 6) is 0.884. The highest BCUT2D eigenvalue weighted by Gasteiger charge is 2.31. The number of hydrogen-bond acceptors (Lipinski definition) is 2. The van der Waals surface area contributed by atoms with Gasteiger partial charge in [-0.15, -0.1) is 0 Å². The lowest BCUT2D eigenvalue weighted by Crippen LogP contribution is -2.30. The van der Waals surface area contributed by atoms with Gasteiger partial charge in [-0.1, -0.05) is 6.92 Å². The van der Waals surface area contributed by atoms with Crippen LogP contribution in [0.25, 0.3) is 0 Å². The molecule has 2 aliphatic rings. The Morgan fingerprint density at radius 1 is 1.62 bits per heavy atom. The Hall–Kier alpha value is -1.38. The van der Waals surface area contributed by atoms with Crippen LogP contribution in [0.2, 0.25) is 0 Å². The fourth-order valence-corrected chi connectivity index (χ4v) is 1.52. The monoisotopic (exact) mass is 176 g/mol. The average molecular weight is 176 g/mol. The lowest BCUT2D eigenvalue weighted by Gasteiger charge is -2.15. The molecule has 0 aromatic rings. The van der Waals surface area contributed by atoms with Crippen LogP contribution < -0.4 is 0 Å². The number of rotatable bonds is 1. The van der Waals surface area contributed by atoms with Crippen LogP contribution in [0.1, 0.15) is 20.3 Å². The maximum Gasteiger partial charge on any atom is 0.257 e. The lowest BCUT2D eigenvalue weighted by molar-refractivity contribution is -0.125. The number of amides is 1. The molecule has 0 bridgehead atoms. The maximum absolute atomic E-state index is 11.6. The molecule has 2 aliphatic heterocycles. The van der Waals surface area contributed by atoms with E-state index in [4.69, 9.17) is 0 Å². The Morgan fingerprint density at radius 2 is 2.38 bits per heavy atom.